The third kappa shape index (κ3) is 2.35. The summed E-state index contributed by atoms with van der Waals surface area (Å²) in [5, 5.41) is 2.03. The van der Waals surface area contributed by atoms with E-state index in [0.717, 1.165) is 34.4 Å². The minimum atomic E-state index is 0.299. The van der Waals surface area contributed by atoms with Gasteiger partial charge in [0, 0.05) is 17.7 Å². The summed E-state index contributed by atoms with van der Waals surface area (Å²) in [6.45, 7) is 0. The van der Waals surface area contributed by atoms with E-state index in [-0.39, 0.29) is 0 Å². The minimum Gasteiger partial charge on any atom is -0.368 e. The molecule has 5 nitrogen and oxygen atoms in total. The first-order valence-electron chi connectivity index (χ1n) is 7.15. The van der Waals surface area contributed by atoms with Crippen LogP contribution in [0, 0.1) is 0 Å². The zero-order chi connectivity index (χ0) is 14.2. The van der Waals surface area contributed by atoms with Crippen LogP contribution in [0.2, 0.25) is 0 Å². The molecule has 3 heterocycles. The SMILES string of the molecule is Nc1nc(-c2cnc3ccsc3c2)nc(C2CCCC2)n1. The van der Waals surface area contributed by atoms with Crippen LogP contribution in [0.1, 0.15) is 37.4 Å². The standard InChI is InChI=1S/C15H15N5S/c16-15-19-13(9-3-1-2-4-9)18-14(20-15)10-7-12-11(17-8-10)5-6-21-12/h5-9H,1-4H2,(H2,16,18,19,20). The van der Waals surface area contributed by atoms with Gasteiger partial charge in [-0.15, -0.1) is 11.3 Å². The van der Waals surface area contributed by atoms with Crippen molar-refractivity contribution in [3.8, 4) is 11.4 Å². The maximum absolute atomic E-state index is 5.88. The van der Waals surface area contributed by atoms with Gasteiger partial charge in [0.1, 0.15) is 5.82 Å². The summed E-state index contributed by atoms with van der Waals surface area (Å²) in [6.07, 6.45) is 6.58. The molecule has 0 atom stereocenters. The van der Waals surface area contributed by atoms with Crippen molar-refractivity contribution >= 4 is 27.5 Å². The van der Waals surface area contributed by atoms with Gasteiger partial charge in [-0.2, -0.15) is 9.97 Å². The first-order valence-corrected chi connectivity index (χ1v) is 8.02. The smallest absolute Gasteiger partial charge is 0.223 e. The number of pyridine rings is 1. The summed E-state index contributed by atoms with van der Waals surface area (Å²) in [6, 6.07) is 4.08. The lowest BCUT2D eigenvalue weighted by Crippen LogP contribution is -2.07. The largest absolute Gasteiger partial charge is 0.368 e. The van der Waals surface area contributed by atoms with Gasteiger partial charge < -0.3 is 5.73 Å². The normalized spacial score (nSPS) is 15.8. The number of hydrogen-bond donors (Lipinski definition) is 1. The second-order valence-corrected chi connectivity index (χ2v) is 6.33. The average molecular weight is 297 g/mol. The van der Waals surface area contributed by atoms with Crippen LogP contribution < -0.4 is 5.73 Å². The zero-order valence-electron chi connectivity index (χ0n) is 11.5. The highest BCUT2D eigenvalue weighted by molar-refractivity contribution is 7.17. The van der Waals surface area contributed by atoms with E-state index in [9.17, 15) is 0 Å². The molecule has 1 fully saturated rings. The summed E-state index contributed by atoms with van der Waals surface area (Å²) < 4.78 is 1.13. The third-order valence-electron chi connectivity index (χ3n) is 3.95. The molecule has 0 spiro atoms. The molecule has 0 unspecified atom stereocenters. The van der Waals surface area contributed by atoms with Crippen LogP contribution in [0.5, 0.6) is 0 Å². The first-order chi connectivity index (χ1) is 10.3. The van der Waals surface area contributed by atoms with Crippen molar-refractivity contribution in [1.82, 2.24) is 19.9 Å². The molecule has 3 aromatic heterocycles. The Balaban J connectivity index is 1.79. The molecule has 106 valence electrons. The van der Waals surface area contributed by atoms with Gasteiger partial charge in [0.2, 0.25) is 5.95 Å². The maximum Gasteiger partial charge on any atom is 0.223 e. The second-order valence-electron chi connectivity index (χ2n) is 5.38. The van der Waals surface area contributed by atoms with Crippen LogP contribution in [0.25, 0.3) is 21.6 Å². The number of nitrogen functional groups attached to an aromatic ring is 1. The number of nitrogens with zero attached hydrogens (tertiary/aromatic N) is 4. The van der Waals surface area contributed by atoms with Gasteiger partial charge in [0.15, 0.2) is 5.82 Å². The van der Waals surface area contributed by atoms with Crippen LogP contribution in [0.4, 0.5) is 5.95 Å². The molecular formula is C15H15N5S. The van der Waals surface area contributed by atoms with Crippen molar-refractivity contribution in [2.75, 3.05) is 5.73 Å². The molecule has 3 aromatic rings. The Morgan fingerprint density at radius 1 is 1.14 bits per heavy atom. The minimum absolute atomic E-state index is 0.299. The number of nitrogens with two attached hydrogens (primary N) is 1. The Kier molecular flexibility index (Phi) is 3.03. The number of hydrogen-bond acceptors (Lipinski definition) is 6. The predicted molar refractivity (Wildman–Crippen MR) is 84.1 cm³/mol. The van der Waals surface area contributed by atoms with Gasteiger partial charge in [-0.1, -0.05) is 12.8 Å². The summed E-state index contributed by atoms with van der Waals surface area (Å²) in [7, 11) is 0. The van der Waals surface area contributed by atoms with E-state index in [4.69, 9.17) is 5.73 Å². The van der Waals surface area contributed by atoms with Crippen molar-refractivity contribution in [3.05, 3.63) is 29.5 Å². The molecule has 0 aromatic carbocycles. The van der Waals surface area contributed by atoms with Crippen molar-refractivity contribution in [1.29, 1.82) is 0 Å². The molecule has 0 bridgehead atoms. The lowest BCUT2D eigenvalue weighted by atomic mass is 10.1. The molecule has 1 saturated carbocycles. The van der Waals surface area contributed by atoms with E-state index in [0.29, 0.717) is 17.7 Å². The highest BCUT2D eigenvalue weighted by atomic mass is 32.1. The molecule has 0 saturated heterocycles. The number of aromatic nitrogens is 4. The van der Waals surface area contributed by atoms with E-state index in [1.165, 1.54) is 12.8 Å². The molecule has 6 heteroatoms. The van der Waals surface area contributed by atoms with Crippen LogP contribution in [-0.2, 0) is 0 Å². The van der Waals surface area contributed by atoms with Crippen molar-refractivity contribution in [2.45, 2.75) is 31.6 Å². The molecule has 4 rings (SSSR count). The van der Waals surface area contributed by atoms with Gasteiger partial charge in [0.25, 0.3) is 0 Å². The van der Waals surface area contributed by atoms with Crippen molar-refractivity contribution in [3.63, 3.8) is 0 Å². The quantitative estimate of drug-likeness (QED) is 0.784. The number of rotatable bonds is 2. The number of thiophene rings is 1. The molecule has 0 radical (unpaired) electrons. The van der Waals surface area contributed by atoms with Gasteiger partial charge in [-0.25, -0.2) is 4.98 Å². The van der Waals surface area contributed by atoms with Crippen molar-refractivity contribution < 1.29 is 0 Å². The fourth-order valence-electron chi connectivity index (χ4n) is 2.87. The lowest BCUT2D eigenvalue weighted by molar-refractivity contribution is 0.665. The van der Waals surface area contributed by atoms with Gasteiger partial charge in [-0.05, 0) is 30.4 Å². The van der Waals surface area contributed by atoms with Gasteiger partial charge in [-0.3, -0.25) is 4.98 Å². The molecule has 0 amide bonds. The van der Waals surface area contributed by atoms with Crippen molar-refractivity contribution in [2.24, 2.45) is 0 Å². The Hall–Kier alpha value is -2.08. The number of fused-ring (bicyclic) bond motifs is 1. The van der Waals surface area contributed by atoms with Crippen LogP contribution in [0.3, 0.4) is 0 Å². The van der Waals surface area contributed by atoms with Crippen LogP contribution in [0.15, 0.2) is 23.7 Å². The molecule has 21 heavy (non-hydrogen) atoms. The van der Waals surface area contributed by atoms with E-state index in [2.05, 4.69) is 26.0 Å². The summed E-state index contributed by atoms with van der Waals surface area (Å²) in [4.78, 5) is 17.7. The fraction of sp³-hybridized carbons (Fsp3) is 0.333. The third-order valence-corrected chi connectivity index (χ3v) is 4.80. The fourth-order valence-corrected chi connectivity index (χ4v) is 3.65. The predicted octanol–water partition coefficient (Wildman–Crippen LogP) is 3.39. The lowest BCUT2D eigenvalue weighted by Gasteiger charge is -2.09. The Morgan fingerprint density at radius 3 is 2.86 bits per heavy atom. The average Bonchev–Trinajstić information content (AvgIpc) is 3.17. The van der Waals surface area contributed by atoms with E-state index in [1.807, 2.05) is 17.6 Å². The molecule has 2 N–H and O–H groups in total. The molecule has 1 aliphatic carbocycles. The monoisotopic (exact) mass is 297 g/mol. The van der Waals surface area contributed by atoms with Gasteiger partial charge in [0.05, 0.1) is 10.2 Å². The Labute approximate surface area is 126 Å². The van der Waals surface area contributed by atoms with E-state index in [1.54, 1.807) is 11.3 Å². The first kappa shape index (κ1) is 12.6. The summed E-state index contributed by atoms with van der Waals surface area (Å²) in [5.74, 6) is 2.19. The second kappa shape index (κ2) is 5.04. The highest BCUT2D eigenvalue weighted by Crippen LogP contribution is 2.33. The number of anilines is 1. The van der Waals surface area contributed by atoms with E-state index >= 15 is 0 Å². The zero-order valence-corrected chi connectivity index (χ0v) is 12.3. The van der Waals surface area contributed by atoms with Crippen LogP contribution >= 0.6 is 11.3 Å². The summed E-state index contributed by atoms with van der Waals surface area (Å²) >= 11 is 1.66. The maximum atomic E-state index is 5.88. The molecule has 0 aliphatic heterocycles. The van der Waals surface area contributed by atoms with Gasteiger partial charge >= 0.3 is 0 Å². The summed E-state index contributed by atoms with van der Waals surface area (Å²) in [5.41, 5.74) is 7.78. The topological polar surface area (TPSA) is 77.6 Å². The van der Waals surface area contributed by atoms with Crippen LogP contribution in [-0.4, -0.2) is 19.9 Å². The van der Waals surface area contributed by atoms with E-state index < -0.39 is 0 Å². The molecule has 1 aliphatic rings. The Bertz CT molecular complexity index is 792. The Morgan fingerprint density at radius 2 is 2.00 bits per heavy atom. The molecular weight excluding hydrogens is 282 g/mol. The highest BCUT2D eigenvalue weighted by Gasteiger charge is 2.21.